The standard InChI is InChI=1S/C19H16F3N3O2/c1-26-15-4-2-3-14(9-15)12-5-7-13(8-6-12)18(19(20,21)22)27-17-10-16(23)24-11-25-17/h2-11,18H,1H3,(H2,23,24,25)/t18-/m1/s1. The minimum absolute atomic E-state index is 0.0225. The molecular formula is C19H16F3N3O2. The van der Waals surface area contributed by atoms with Crippen LogP contribution in [0.25, 0.3) is 11.1 Å². The van der Waals surface area contributed by atoms with Crippen molar-refractivity contribution >= 4 is 5.82 Å². The van der Waals surface area contributed by atoms with Gasteiger partial charge in [0.05, 0.1) is 7.11 Å². The maximum atomic E-state index is 13.5. The van der Waals surface area contributed by atoms with Crippen LogP contribution in [0, 0.1) is 0 Å². The van der Waals surface area contributed by atoms with E-state index in [0.29, 0.717) is 5.75 Å². The lowest BCUT2D eigenvalue weighted by atomic mass is 10.0. The van der Waals surface area contributed by atoms with E-state index >= 15 is 0 Å². The summed E-state index contributed by atoms with van der Waals surface area (Å²) in [4.78, 5) is 7.31. The number of alkyl halides is 3. The van der Waals surface area contributed by atoms with E-state index in [4.69, 9.17) is 15.2 Å². The molecular weight excluding hydrogens is 359 g/mol. The number of ether oxygens (including phenoxy) is 2. The lowest BCUT2D eigenvalue weighted by molar-refractivity contribution is -0.198. The fourth-order valence-corrected chi connectivity index (χ4v) is 2.52. The van der Waals surface area contributed by atoms with Crippen molar-refractivity contribution in [1.29, 1.82) is 0 Å². The van der Waals surface area contributed by atoms with Crippen molar-refractivity contribution < 1.29 is 22.6 Å². The molecule has 1 aromatic heterocycles. The van der Waals surface area contributed by atoms with Crippen LogP contribution in [0.5, 0.6) is 11.6 Å². The van der Waals surface area contributed by atoms with E-state index in [1.165, 1.54) is 12.1 Å². The summed E-state index contributed by atoms with van der Waals surface area (Å²) < 4.78 is 50.7. The van der Waals surface area contributed by atoms with Gasteiger partial charge in [0, 0.05) is 11.6 Å². The summed E-state index contributed by atoms with van der Waals surface area (Å²) in [7, 11) is 1.55. The van der Waals surface area contributed by atoms with Crippen molar-refractivity contribution in [3.8, 4) is 22.8 Å². The Bertz CT molecular complexity index is 915. The van der Waals surface area contributed by atoms with Crippen LogP contribution >= 0.6 is 0 Å². The molecule has 27 heavy (non-hydrogen) atoms. The van der Waals surface area contributed by atoms with Gasteiger partial charge < -0.3 is 15.2 Å². The number of hydrogen-bond acceptors (Lipinski definition) is 5. The second kappa shape index (κ2) is 7.53. The lowest BCUT2D eigenvalue weighted by Crippen LogP contribution is -2.26. The molecule has 0 spiro atoms. The fraction of sp³-hybridized carbons (Fsp3) is 0.158. The van der Waals surface area contributed by atoms with Crippen LogP contribution in [0.4, 0.5) is 19.0 Å². The molecule has 140 valence electrons. The number of nitrogens with zero attached hydrogens (tertiary/aromatic N) is 2. The molecule has 0 saturated heterocycles. The summed E-state index contributed by atoms with van der Waals surface area (Å²) in [5, 5.41) is 0. The van der Waals surface area contributed by atoms with Crippen LogP contribution in [0.15, 0.2) is 60.9 Å². The van der Waals surface area contributed by atoms with Gasteiger partial charge in [-0.25, -0.2) is 9.97 Å². The minimum Gasteiger partial charge on any atom is -0.497 e. The normalized spacial score (nSPS) is 12.4. The van der Waals surface area contributed by atoms with E-state index < -0.39 is 12.3 Å². The molecule has 0 unspecified atom stereocenters. The van der Waals surface area contributed by atoms with E-state index in [-0.39, 0.29) is 17.3 Å². The van der Waals surface area contributed by atoms with Gasteiger partial charge >= 0.3 is 6.18 Å². The molecule has 0 aliphatic carbocycles. The number of halogens is 3. The Morgan fingerprint density at radius 1 is 0.963 bits per heavy atom. The van der Waals surface area contributed by atoms with Crippen molar-refractivity contribution in [3.63, 3.8) is 0 Å². The van der Waals surface area contributed by atoms with Gasteiger partial charge in [-0.2, -0.15) is 13.2 Å². The number of hydrogen-bond donors (Lipinski definition) is 1. The molecule has 0 bridgehead atoms. The Kier molecular flexibility index (Phi) is 5.16. The van der Waals surface area contributed by atoms with Crippen molar-refractivity contribution in [3.05, 3.63) is 66.5 Å². The predicted molar refractivity (Wildman–Crippen MR) is 94.3 cm³/mol. The lowest BCUT2D eigenvalue weighted by Gasteiger charge is -2.21. The smallest absolute Gasteiger partial charge is 0.429 e. The van der Waals surface area contributed by atoms with Gasteiger partial charge in [-0.05, 0) is 23.3 Å². The van der Waals surface area contributed by atoms with Crippen LogP contribution in [-0.4, -0.2) is 23.3 Å². The summed E-state index contributed by atoms with van der Waals surface area (Å²) >= 11 is 0. The van der Waals surface area contributed by atoms with Gasteiger partial charge in [0.25, 0.3) is 0 Å². The molecule has 0 amide bonds. The molecule has 5 nitrogen and oxygen atoms in total. The summed E-state index contributed by atoms with van der Waals surface area (Å²) in [6, 6.07) is 14.3. The third kappa shape index (κ3) is 4.46. The Morgan fingerprint density at radius 2 is 1.70 bits per heavy atom. The van der Waals surface area contributed by atoms with Gasteiger partial charge in [0.2, 0.25) is 12.0 Å². The fourth-order valence-electron chi connectivity index (χ4n) is 2.52. The number of anilines is 1. The number of benzene rings is 2. The predicted octanol–water partition coefficient (Wildman–Crippen LogP) is 4.42. The zero-order chi connectivity index (χ0) is 19.4. The maximum Gasteiger partial charge on any atom is 0.429 e. The Hall–Kier alpha value is -3.29. The first-order valence-corrected chi connectivity index (χ1v) is 7.92. The molecule has 1 heterocycles. The first-order chi connectivity index (χ1) is 12.9. The van der Waals surface area contributed by atoms with Crippen LogP contribution in [0.2, 0.25) is 0 Å². The van der Waals surface area contributed by atoms with Crippen LogP contribution < -0.4 is 15.2 Å². The molecule has 0 aliphatic rings. The van der Waals surface area contributed by atoms with Crippen molar-refractivity contribution in [1.82, 2.24) is 9.97 Å². The van der Waals surface area contributed by atoms with Gasteiger partial charge in [-0.1, -0.05) is 36.4 Å². The molecule has 0 saturated carbocycles. The van der Waals surface area contributed by atoms with E-state index in [0.717, 1.165) is 23.5 Å². The highest BCUT2D eigenvalue weighted by atomic mass is 19.4. The van der Waals surface area contributed by atoms with Crippen molar-refractivity contribution in [2.24, 2.45) is 0 Å². The second-order valence-electron chi connectivity index (χ2n) is 5.67. The number of rotatable bonds is 5. The van der Waals surface area contributed by atoms with Crippen LogP contribution in [-0.2, 0) is 0 Å². The first kappa shape index (κ1) is 18.5. The third-order valence-corrected chi connectivity index (χ3v) is 3.82. The molecule has 3 rings (SSSR count). The number of aromatic nitrogens is 2. The van der Waals surface area contributed by atoms with Gasteiger partial charge in [0.15, 0.2) is 0 Å². The van der Waals surface area contributed by atoms with Crippen LogP contribution in [0.1, 0.15) is 11.7 Å². The maximum absolute atomic E-state index is 13.5. The molecule has 0 radical (unpaired) electrons. The highest BCUT2D eigenvalue weighted by molar-refractivity contribution is 5.65. The molecule has 0 aliphatic heterocycles. The monoisotopic (exact) mass is 375 g/mol. The molecule has 0 fully saturated rings. The van der Waals surface area contributed by atoms with Crippen molar-refractivity contribution in [2.75, 3.05) is 12.8 Å². The average molecular weight is 375 g/mol. The van der Waals surface area contributed by atoms with E-state index in [1.807, 2.05) is 12.1 Å². The average Bonchev–Trinajstić information content (AvgIpc) is 2.65. The van der Waals surface area contributed by atoms with Gasteiger partial charge in [-0.15, -0.1) is 0 Å². The molecule has 3 aromatic rings. The Labute approximate surface area is 153 Å². The molecule has 2 aromatic carbocycles. The molecule has 8 heteroatoms. The van der Waals surface area contributed by atoms with E-state index in [1.54, 1.807) is 31.4 Å². The summed E-state index contributed by atoms with van der Waals surface area (Å²) in [5.41, 5.74) is 7.00. The van der Waals surface area contributed by atoms with Crippen LogP contribution in [0.3, 0.4) is 0 Å². The largest absolute Gasteiger partial charge is 0.497 e. The SMILES string of the molecule is COc1cccc(-c2ccc([C@@H](Oc3cc(N)ncn3)C(F)(F)F)cc2)c1. The highest BCUT2D eigenvalue weighted by Crippen LogP contribution is 2.37. The summed E-state index contributed by atoms with van der Waals surface area (Å²) in [6.07, 6.45) is -5.76. The van der Waals surface area contributed by atoms with E-state index in [2.05, 4.69) is 9.97 Å². The van der Waals surface area contributed by atoms with Crippen molar-refractivity contribution in [2.45, 2.75) is 12.3 Å². The molecule has 1 atom stereocenters. The first-order valence-electron chi connectivity index (χ1n) is 7.92. The van der Waals surface area contributed by atoms with E-state index in [9.17, 15) is 13.2 Å². The summed E-state index contributed by atoms with van der Waals surface area (Å²) in [6.45, 7) is 0. The minimum atomic E-state index is -4.63. The summed E-state index contributed by atoms with van der Waals surface area (Å²) in [5.74, 6) is 0.436. The zero-order valence-electron chi connectivity index (χ0n) is 14.3. The Morgan fingerprint density at radius 3 is 2.33 bits per heavy atom. The number of nitrogen functional groups attached to an aromatic ring is 1. The topological polar surface area (TPSA) is 70.3 Å². The second-order valence-corrected chi connectivity index (χ2v) is 5.67. The van der Waals surface area contributed by atoms with Gasteiger partial charge in [-0.3, -0.25) is 0 Å². The quantitative estimate of drug-likeness (QED) is 0.715. The molecule has 2 N–H and O–H groups in total. The highest BCUT2D eigenvalue weighted by Gasteiger charge is 2.43. The van der Waals surface area contributed by atoms with Gasteiger partial charge in [0.1, 0.15) is 17.9 Å². The third-order valence-electron chi connectivity index (χ3n) is 3.82. The zero-order valence-corrected chi connectivity index (χ0v) is 14.3. The Balaban J connectivity index is 1.89. The number of methoxy groups -OCH3 is 1. The number of nitrogens with two attached hydrogens (primary N) is 1.